The third-order valence-corrected chi connectivity index (χ3v) is 3.32. The Labute approximate surface area is 107 Å². The third kappa shape index (κ3) is 3.20. The molecule has 0 saturated carbocycles. The number of nitrogens with zero attached hydrogens (tertiary/aromatic N) is 1. The highest BCUT2D eigenvalue weighted by Crippen LogP contribution is 2.25. The molecular formula is C13H19N3O2. The predicted molar refractivity (Wildman–Crippen MR) is 72.0 cm³/mol. The van der Waals surface area contributed by atoms with Gasteiger partial charge in [0, 0.05) is 18.7 Å². The zero-order valence-corrected chi connectivity index (χ0v) is 10.6. The molecule has 0 spiro atoms. The molecule has 1 heterocycles. The second-order valence-corrected chi connectivity index (χ2v) is 4.79. The lowest BCUT2D eigenvalue weighted by Crippen LogP contribution is -2.24. The second kappa shape index (κ2) is 5.82. The Hall–Kier alpha value is -1.62. The lowest BCUT2D eigenvalue weighted by molar-refractivity contribution is -0.384. The summed E-state index contributed by atoms with van der Waals surface area (Å²) in [5, 5.41) is 17.5. The highest BCUT2D eigenvalue weighted by atomic mass is 16.6. The standard InChI is InChI=1S/C13H19N3O2/c1-10-4-5-12(13(9-10)16(17)18)15-8-6-11-3-2-7-14-11/h4-5,9,11,14-15H,2-3,6-8H2,1H3/t11-/m0/s1. The lowest BCUT2D eigenvalue weighted by atomic mass is 10.1. The average molecular weight is 249 g/mol. The van der Waals surface area contributed by atoms with Gasteiger partial charge in [-0.2, -0.15) is 0 Å². The number of benzene rings is 1. The van der Waals surface area contributed by atoms with Gasteiger partial charge in [-0.15, -0.1) is 0 Å². The fourth-order valence-electron chi connectivity index (χ4n) is 2.33. The largest absolute Gasteiger partial charge is 0.379 e. The van der Waals surface area contributed by atoms with Crippen molar-refractivity contribution >= 4 is 11.4 Å². The van der Waals surface area contributed by atoms with Gasteiger partial charge >= 0.3 is 0 Å². The molecule has 1 saturated heterocycles. The number of anilines is 1. The van der Waals surface area contributed by atoms with Crippen LogP contribution in [0.15, 0.2) is 18.2 Å². The highest BCUT2D eigenvalue weighted by Gasteiger charge is 2.16. The molecule has 0 amide bonds. The number of nitrogens with one attached hydrogen (secondary N) is 2. The van der Waals surface area contributed by atoms with E-state index in [0.717, 1.165) is 25.1 Å². The Bertz CT molecular complexity index is 428. The van der Waals surface area contributed by atoms with Gasteiger partial charge in [0.2, 0.25) is 0 Å². The minimum Gasteiger partial charge on any atom is -0.379 e. The first-order valence-electron chi connectivity index (χ1n) is 6.39. The summed E-state index contributed by atoms with van der Waals surface area (Å²) < 4.78 is 0. The van der Waals surface area contributed by atoms with Crippen molar-refractivity contribution in [1.29, 1.82) is 0 Å². The van der Waals surface area contributed by atoms with E-state index in [-0.39, 0.29) is 10.6 Å². The first-order chi connectivity index (χ1) is 8.66. The predicted octanol–water partition coefficient (Wildman–Crippen LogP) is 2.46. The van der Waals surface area contributed by atoms with Crippen molar-refractivity contribution in [2.24, 2.45) is 0 Å². The van der Waals surface area contributed by atoms with E-state index in [1.807, 2.05) is 13.0 Å². The Kier molecular flexibility index (Phi) is 4.15. The summed E-state index contributed by atoms with van der Waals surface area (Å²) in [5.74, 6) is 0. The van der Waals surface area contributed by atoms with Crippen LogP contribution in [0, 0.1) is 17.0 Å². The van der Waals surface area contributed by atoms with E-state index in [0.29, 0.717) is 11.7 Å². The normalized spacial score (nSPS) is 18.8. The van der Waals surface area contributed by atoms with E-state index in [4.69, 9.17) is 0 Å². The van der Waals surface area contributed by atoms with Crippen molar-refractivity contribution in [3.05, 3.63) is 33.9 Å². The smallest absolute Gasteiger partial charge is 0.292 e. The van der Waals surface area contributed by atoms with E-state index < -0.39 is 0 Å². The van der Waals surface area contributed by atoms with Crippen LogP contribution in [0.5, 0.6) is 0 Å². The minimum absolute atomic E-state index is 0.161. The Balaban J connectivity index is 1.93. The van der Waals surface area contributed by atoms with Gasteiger partial charge in [-0.3, -0.25) is 10.1 Å². The van der Waals surface area contributed by atoms with E-state index in [9.17, 15) is 10.1 Å². The molecule has 1 aromatic rings. The van der Waals surface area contributed by atoms with Crippen molar-refractivity contribution in [2.75, 3.05) is 18.4 Å². The van der Waals surface area contributed by atoms with Gasteiger partial charge in [0.1, 0.15) is 5.69 Å². The molecule has 0 aliphatic carbocycles. The molecule has 2 N–H and O–H groups in total. The molecule has 1 aliphatic heterocycles. The summed E-state index contributed by atoms with van der Waals surface area (Å²) in [6.45, 7) is 3.72. The van der Waals surface area contributed by atoms with Crippen LogP contribution in [0.2, 0.25) is 0 Å². The van der Waals surface area contributed by atoms with Crippen molar-refractivity contribution < 1.29 is 4.92 Å². The van der Waals surface area contributed by atoms with E-state index >= 15 is 0 Å². The Morgan fingerprint density at radius 3 is 3.06 bits per heavy atom. The number of nitro benzene ring substituents is 1. The third-order valence-electron chi connectivity index (χ3n) is 3.32. The number of hydrogen-bond acceptors (Lipinski definition) is 4. The number of aryl methyl sites for hydroxylation is 1. The summed E-state index contributed by atoms with van der Waals surface area (Å²) in [7, 11) is 0. The molecule has 18 heavy (non-hydrogen) atoms. The van der Waals surface area contributed by atoms with Gasteiger partial charge in [-0.1, -0.05) is 6.07 Å². The maximum atomic E-state index is 10.9. The van der Waals surface area contributed by atoms with Gasteiger partial charge in [-0.25, -0.2) is 0 Å². The summed E-state index contributed by atoms with van der Waals surface area (Å²) in [6.07, 6.45) is 3.44. The fourth-order valence-corrected chi connectivity index (χ4v) is 2.33. The summed E-state index contributed by atoms with van der Waals surface area (Å²) in [6, 6.07) is 5.84. The van der Waals surface area contributed by atoms with Crippen LogP contribution in [-0.4, -0.2) is 24.1 Å². The lowest BCUT2D eigenvalue weighted by Gasteiger charge is -2.12. The summed E-state index contributed by atoms with van der Waals surface area (Å²) >= 11 is 0. The van der Waals surface area contributed by atoms with Crippen LogP contribution in [0.25, 0.3) is 0 Å². The highest BCUT2D eigenvalue weighted by molar-refractivity contribution is 5.62. The summed E-state index contributed by atoms with van der Waals surface area (Å²) in [4.78, 5) is 10.6. The monoisotopic (exact) mass is 249 g/mol. The Morgan fingerprint density at radius 2 is 2.39 bits per heavy atom. The van der Waals surface area contributed by atoms with E-state index in [1.54, 1.807) is 12.1 Å². The van der Waals surface area contributed by atoms with Crippen LogP contribution >= 0.6 is 0 Å². The first-order valence-corrected chi connectivity index (χ1v) is 6.39. The van der Waals surface area contributed by atoms with Crippen molar-refractivity contribution in [3.8, 4) is 0 Å². The Morgan fingerprint density at radius 1 is 1.56 bits per heavy atom. The first kappa shape index (κ1) is 12.8. The van der Waals surface area contributed by atoms with Crippen LogP contribution in [0.4, 0.5) is 11.4 Å². The van der Waals surface area contributed by atoms with Gasteiger partial charge < -0.3 is 10.6 Å². The molecule has 98 valence electrons. The summed E-state index contributed by atoms with van der Waals surface area (Å²) in [5.41, 5.74) is 1.68. The van der Waals surface area contributed by atoms with Gasteiger partial charge in [0.05, 0.1) is 4.92 Å². The molecule has 1 atom stereocenters. The molecule has 5 heteroatoms. The molecule has 5 nitrogen and oxygen atoms in total. The zero-order valence-electron chi connectivity index (χ0n) is 10.6. The zero-order chi connectivity index (χ0) is 13.0. The molecule has 0 aromatic heterocycles. The molecule has 0 radical (unpaired) electrons. The van der Waals surface area contributed by atoms with Crippen molar-refractivity contribution in [2.45, 2.75) is 32.2 Å². The maximum Gasteiger partial charge on any atom is 0.292 e. The van der Waals surface area contributed by atoms with E-state index in [2.05, 4.69) is 10.6 Å². The van der Waals surface area contributed by atoms with Crippen LogP contribution in [-0.2, 0) is 0 Å². The van der Waals surface area contributed by atoms with Gasteiger partial charge in [-0.05, 0) is 44.4 Å². The average Bonchev–Trinajstić information content (AvgIpc) is 2.84. The quantitative estimate of drug-likeness (QED) is 0.621. The molecule has 2 rings (SSSR count). The van der Waals surface area contributed by atoms with Gasteiger partial charge in [0.25, 0.3) is 5.69 Å². The van der Waals surface area contributed by atoms with Crippen LogP contribution < -0.4 is 10.6 Å². The number of hydrogen-bond donors (Lipinski definition) is 2. The minimum atomic E-state index is -0.330. The molecule has 1 aromatic carbocycles. The van der Waals surface area contributed by atoms with Crippen LogP contribution in [0.3, 0.4) is 0 Å². The van der Waals surface area contributed by atoms with Crippen molar-refractivity contribution in [1.82, 2.24) is 5.32 Å². The van der Waals surface area contributed by atoms with E-state index in [1.165, 1.54) is 12.8 Å². The maximum absolute atomic E-state index is 10.9. The fraction of sp³-hybridized carbons (Fsp3) is 0.538. The topological polar surface area (TPSA) is 67.2 Å². The molecule has 1 fully saturated rings. The molecule has 0 unspecified atom stereocenters. The SMILES string of the molecule is Cc1ccc(NCC[C@@H]2CCCN2)c([N+](=O)[O-])c1. The number of nitro groups is 1. The second-order valence-electron chi connectivity index (χ2n) is 4.79. The van der Waals surface area contributed by atoms with Crippen molar-refractivity contribution in [3.63, 3.8) is 0 Å². The van der Waals surface area contributed by atoms with Gasteiger partial charge in [0.15, 0.2) is 0 Å². The molecule has 1 aliphatic rings. The molecule has 0 bridgehead atoms. The number of rotatable bonds is 5. The van der Waals surface area contributed by atoms with Crippen LogP contribution in [0.1, 0.15) is 24.8 Å². The molecular weight excluding hydrogens is 230 g/mol.